The van der Waals surface area contributed by atoms with Crippen LogP contribution in [0.5, 0.6) is 0 Å². The SMILES string of the molecule is [C-]#[N+]c1cc(S(=O)(=O)Cc2ccccc2Cl)ccc1C. The summed E-state index contributed by atoms with van der Waals surface area (Å²) in [5.41, 5.74) is 1.67. The Morgan fingerprint density at radius 1 is 1.20 bits per heavy atom. The smallest absolute Gasteiger partial charge is 0.191 e. The van der Waals surface area contributed by atoms with Gasteiger partial charge in [0.25, 0.3) is 0 Å². The number of sulfone groups is 1. The molecule has 0 aliphatic rings. The van der Waals surface area contributed by atoms with Crippen molar-refractivity contribution < 1.29 is 8.42 Å². The van der Waals surface area contributed by atoms with Crippen LogP contribution < -0.4 is 0 Å². The van der Waals surface area contributed by atoms with Gasteiger partial charge in [0.2, 0.25) is 0 Å². The van der Waals surface area contributed by atoms with Crippen LogP contribution in [-0.4, -0.2) is 8.42 Å². The Morgan fingerprint density at radius 3 is 2.55 bits per heavy atom. The first kappa shape index (κ1) is 14.6. The summed E-state index contributed by atoms with van der Waals surface area (Å²) in [6.45, 7) is 8.83. The van der Waals surface area contributed by atoms with Crippen molar-refractivity contribution in [3.05, 3.63) is 70.0 Å². The van der Waals surface area contributed by atoms with E-state index in [1.165, 1.54) is 12.1 Å². The molecule has 0 saturated heterocycles. The van der Waals surface area contributed by atoms with E-state index in [-0.39, 0.29) is 10.6 Å². The summed E-state index contributed by atoms with van der Waals surface area (Å²) >= 11 is 5.99. The van der Waals surface area contributed by atoms with Crippen molar-refractivity contribution in [2.75, 3.05) is 0 Å². The highest BCUT2D eigenvalue weighted by atomic mass is 35.5. The zero-order chi connectivity index (χ0) is 14.8. The Hall–Kier alpha value is -1.83. The third-order valence-electron chi connectivity index (χ3n) is 2.96. The van der Waals surface area contributed by atoms with Crippen LogP contribution in [0.4, 0.5) is 5.69 Å². The van der Waals surface area contributed by atoms with Crippen molar-refractivity contribution in [2.24, 2.45) is 0 Å². The number of hydrogen-bond acceptors (Lipinski definition) is 2. The quantitative estimate of drug-likeness (QED) is 0.798. The fourth-order valence-electron chi connectivity index (χ4n) is 1.81. The minimum atomic E-state index is -3.51. The number of nitrogens with zero attached hydrogens (tertiary/aromatic N) is 1. The van der Waals surface area contributed by atoms with Crippen molar-refractivity contribution in [1.29, 1.82) is 0 Å². The zero-order valence-corrected chi connectivity index (χ0v) is 12.4. The maximum Gasteiger partial charge on any atom is 0.191 e. The van der Waals surface area contributed by atoms with Gasteiger partial charge in [-0.3, -0.25) is 0 Å². The molecule has 2 aromatic rings. The molecule has 0 fully saturated rings. The molecule has 3 nitrogen and oxygen atoms in total. The maximum atomic E-state index is 12.4. The van der Waals surface area contributed by atoms with Gasteiger partial charge in [-0.25, -0.2) is 13.3 Å². The monoisotopic (exact) mass is 305 g/mol. The first-order valence-corrected chi connectivity index (χ1v) is 7.91. The van der Waals surface area contributed by atoms with Crippen molar-refractivity contribution in [3.63, 3.8) is 0 Å². The van der Waals surface area contributed by atoms with E-state index in [1.54, 1.807) is 37.3 Å². The molecule has 2 rings (SSSR count). The molecule has 0 heterocycles. The number of rotatable bonds is 3. The van der Waals surface area contributed by atoms with Gasteiger partial charge in [0.05, 0.1) is 17.2 Å². The van der Waals surface area contributed by atoms with E-state index in [9.17, 15) is 8.42 Å². The lowest BCUT2D eigenvalue weighted by Gasteiger charge is -2.07. The average molecular weight is 306 g/mol. The van der Waals surface area contributed by atoms with E-state index >= 15 is 0 Å². The molecular weight excluding hydrogens is 294 g/mol. The van der Waals surface area contributed by atoms with E-state index < -0.39 is 9.84 Å². The zero-order valence-electron chi connectivity index (χ0n) is 10.8. The standard InChI is InChI=1S/C15H12ClNO2S/c1-11-7-8-13(9-15(11)17-2)20(18,19)10-12-5-3-4-6-14(12)16/h3-9H,10H2,1H3. The summed E-state index contributed by atoms with van der Waals surface area (Å²) in [5, 5.41) is 0.425. The van der Waals surface area contributed by atoms with Crippen molar-refractivity contribution in [1.82, 2.24) is 0 Å². The van der Waals surface area contributed by atoms with E-state index in [0.717, 1.165) is 5.56 Å². The second-order valence-electron chi connectivity index (χ2n) is 4.41. The van der Waals surface area contributed by atoms with Gasteiger partial charge >= 0.3 is 0 Å². The molecule has 0 aliphatic heterocycles. The summed E-state index contributed by atoms with van der Waals surface area (Å²) < 4.78 is 24.7. The van der Waals surface area contributed by atoms with Crippen molar-refractivity contribution >= 4 is 27.1 Å². The molecule has 0 amide bonds. The van der Waals surface area contributed by atoms with Gasteiger partial charge in [-0.05, 0) is 36.2 Å². The van der Waals surface area contributed by atoms with E-state index in [0.29, 0.717) is 16.3 Å². The van der Waals surface area contributed by atoms with Crippen LogP contribution in [0, 0.1) is 13.5 Å². The molecule has 0 N–H and O–H groups in total. The molecule has 0 spiro atoms. The largest absolute Gasteiger partial charge is 0.238 e. The molecule has 0 aliphatic carbocycles. The van der Waals surface area contributed by atoms with Gasteiger partial charge in [-0.15, -0.1) is 0 Å². The topological polar surface area (TPSA) is 38.5 Å². The van der Waals surface area contributed by atoms with Crippen LogP contribution >= 0.6 is 11.6 Å². The molecule has 0 atom stereocenters. The first-order chi connectivity index (χ1) is 9.44. The second kappa shape index (κ2) is 5.66. The van der Waals surface area contributed by atoms with E-state index in [4.69, 9.17) is 18.2 Å². The third kappa shape index (κ3) is 3.01. The van der Waals surface area contributed by atoms with Crippen LogP contribution in [0.25, 0.3) is 4.85 Å². The van der Waals surface area contributed by atoms with Gasteiger partial charge in [0.1, 0.15) is 0 Å². The number of benzene rings is 2. The van der Waals surface area contributed by atoms with Crippen LogP contribution in [-0.2, 0) is 15.6 Å². The lowest BCUT2D eigenvalue weighted by molar-refractivity contribution is 0.595. The molecule has 0 unspecified atom stereocenters. The second-order valence-corrected chi connectivity index (χ2v) is 6.81. The van der Waals surface area contributed by atoms with Gasteiger partial charge < -0.3 is 0 Å². The Kier molecular flexibility index (Phi) is 4.12. The number of aryl methyl sites for hydroxylation is 1. The fraction of sp³-hybridized carbons (Fsp3) is 0.133. The van der Waals surface area contributed by atoms with Crippen LogP contribution in [0.3, 0.4) is 0 Å². The minimum Gasteiger partial charge on any atom is -0.238 e. The predicted molar refractivity (Wildman–Crippen MR) is 79.8 cm³/mol. The highest BCUT2D eigenvalue weighted by Crippen LogP contribution is 2.26. The Bertz CT molecular complexity index is 792. The maximum absolute atomic E-state index is 12.4. The molecule has 2 aromatic carbocycles. The van der Waals surface area contributed by atoms with Crippen LogP contribution in [0.15, 0.2) is 47.4 Å². The van der Waals surface area contributed by atoms with Crippen LogP contribution in [0.2, 0.25) is 5.02 Å². The summed E-state index contributed by atoms with van der Waals surface area (Å²) in [6.07, 6.45) is 0. The highest BCUT2D eigenvalue weighted by Gasteiger charge is 2.17. The molecular formula is C15H12ClNO2S. The van der Waals surface area contributed by atoms with Gasteiger partial charge in [0, 0.05) is 5.02 Å². The molecule has 20 heavy (non-hydrogen) atoms. The number of hydrogen-bond donors (Lipinski definition) is 0. The van der Waals surface area contributed by atoms with Crippen molar-refractivity contribution in [3.8, 4) is 0 Å². The molecule has 0 saturated carbocycles. The van der Waals surface area contributed by atoms with Gasteiger partial charge in [-0.1, -0.05) is 35.9 Å². The normalized spacial score (nSPS) is 11.1. The summed E-state index contributed by atoms with van der Waals surface area (Å²) in [7, 11) is -3.51. The molecule has 0 radical (unpaired) electrons. The van der Waals surface area contributed by atoms with E-state index in [2.05, 4.69) is 4.85 Å². The number of halogens is 1. The van der Waals surface area contributed by atoms with Gasteiger partial charge in [-0.2, -0.15) is 0 Å². The Labute approximate surface area is 123 Å². The first-order valence-electron chi connectivity index (χ1n) is 5.88. The molecule has 0 bridgehead atoms. The van der Waals surface area contributed by atoms with Crippen molar-refractivity contribution in [2.45, 2.75) is 17.6 Å². The van der Waals surface area contributed by atoms with Gasteiger partial charge in [0.15, 0.2) is 15.5 Å². The predicted octanol–water partition coefficient (Wildman–Crippen LogP) is 4.17. The fourth-order valence-corrected chi connectivity index (χ4v) is 3.48. The third-order valence-corrected chi connectivity index (χ3v) is 5.00. The van der Waals surface area contributed by atoms with E-state index in [1.807, 2.05) is 0 Å². The Morgan fingerprint density at radius 2 is 1.90 bits per heavy atom. The molecule has 5 heteroatoms. The average Bonchev–Trinajstić information content (AvgIpc) is 2.41. The minimum absolute atomic E-state index is 0.147. The molecule has 102 valence electrons. The summed E-state index contributed by atoms with van der Waals surface area (Å²) in [6, 6.07) is 11.4. The lowest BCUT2D eigenvalue weighted by atomic mass is 10.2. The summed E-state index contributed by atoms with van der Waals surface area (Å²) in [5.74, 6) is -0.173. The summed E-state index contributed by atoms with van der Waals surface area (Å²) in [4.78, 5) is 3.48. The molecule has 0 aromatic heterocycles. The van der Waals surface area contributed by atoms with Crippen LogP contribution in [0.1, 0.15) is 11.1 Å². The lowest BCUT2D eigenvalue weighted by Crippen LogP contribution is -2.05. The Balaban J connectivity index is 2.42. The highest BCUT2D eigenvalue weighted by molar-refractivity contribution is 7.90.